The molecule has 0 bridgehead atoms. The minimum Gasteiger partial charge on any atom is -0.508 e. The second-order valence-corrected chi connectivity index (χ2v) is 11.5. The number of phenolic OH excluding ortho intramolecular Hbond substituents is 1. The van der Waals surface area contributed by atoms with Crippen molar-refractivity contribution in [2.45, 2.75) is 58.0 Å². The highest BCUT2D eigenvalue weighted by molar-refractivity contribution is 6.08. The van der Waals surface area contributed by atoms with Crippen LogP contribution in [-0.2, 0) is 11.3 Å². The Balaban J connectivity index is 1.30. The third-order valence-corrected chi connectivity index (χ3v) is 8.65. The zero-order valence-corrected chi connectivity index (χ0v) is 23.7. The quantitative estimate of drug-likeness (QED) is 0.202. The van der Waals surface area contributed by atoms with Crippen molar-refractivity contribution >= 4 is 27.8 Å². The fraction of sp³-hybridized carbons (Fsp3) is 0.314. The van der Waals surface area contributed by atoms with Gasteiger partial charge in [0.1, 0.15) is 11.4 Å². The van der Waals surface area contributed by atoms with Crippen LogP contribution in [0.4, 0.5) is 0 Å². The highest BCUT2D eigenvalue weighted by Crippen LogP contribution is 2.38. The van der Waals surface area contributed by atoms with Gasteiger partial charge in [0.15, 0.2) is 0 Å². The standard InChI is InChI=1S/C35H37N3O3/c1-22-18-23(2)36-34-32(22)29-12-5-6-13-31(29)38(34)20-24-14-16-26(17-15-24)33(25-8-3-4-9-25)35(41)37-30(21-39)27-10-7-11-28(40)19-27/h5-7,10-19,25,30,33,39-40H,3-4,8-9,20-21H2,1-2H3,(H,37,41). The van der Waals surface area contributed by atoms with Gasteiger partial charge in [0, 0.05) is 23.0 Å². The van der Waals surface area contributed by atoms with E-state index in [9.17, 15) is 15.0 Å². The molecule has 0 saturated heterocycles. The first kappa shape index (κ1) is 27.0. The van der Waals surface area contributed by atoms with Gasteiger partial charge in [-0.3, -0.25) is 4.79 Å². The number of rotatable bonds is 8. The van der Waals surface area contributed by atoms with Crippen molar-refractivity contribution in [3.05, 3.63) is 107 Å². The Morgan fingerprint density at radius 3 is 2.46 bits per heavy atom. The van der Waals surface area contributed by atoms with E-state index in [4.69, 9.17) is 4.98 Å². The van der Waals surface area contributed by atoms with Crippen molar-refractivity contribution in [3.8, 4) is 5.75 Å². The van der Waals surface area contributed by atoms with Crippen LogP contribution < -0.4 is 5.32 Å². The number of aryl methyl sites for hydroxylation is 2. The summed E-state index contributed by atoms with van der Waals surface area (Å²) in [5.74, 6) is 0.00135. The molecule has 5 aromatic rings. The van der Waals surface area contributed by atoms with Gasteiger partial charge in [-0.1, -0.05) is 67.4 Å². The molecule has 6 heteroatoms. The fourth-order valence-electron chi connectivity index (χ4n) is 6.72. The highest BCUT2D eigenvalue weighted by atomic mass is 16.3. The minimum absolute atomic E-state index is 0.0791. The number of hydrogen-bond acceptors (Lipinski definition) is 4. The first-order valence-corrected chi connectivity index (χ1v) is 14.6. The van der Waals surface area contributed by atoms with Gasteiger partial charge in [0.05, 0.1) is 24.1 Å². The van der Waals surface area contributed by atoms with Crippen LogP contribution in [0.15, 0.2) is 78.9 Å². The summed E-state index contributed by atoms with van der Waals surface area (Å²) in [5, 5.41) is 25.5. The molecule has 1 aliphatic rings. The lowest BCUT2D eigenvalue weighted by Crippen LogP contribution is -2.37. The third-order valence-electron chi connectivity index (χ3n) is 8.65. The van der Waals surface area contributed by atoms with Crippen LogP contribution in [0.25, 0.3) is 21.9 Å². The molecule has 2 unspecified atom stereocenters. The molecule has 41 heavy (non-hydrogen) atoms. The summed E-state index contributed by atoms with van der Waals surface area (Å²) in [7, 11) is 0. The molecule has 2 atom stereocenters. The van der Waals surface area contributed by atoms with Crippen LogP contribution in [0, 0.1) is 19.8 Å². The number of para-hydroxylation sites is 1. The summed E-state index contributed by atoms with van der Waals surface area (Å²) in [6.45, 7) is 4.64. The molecule has 2 heterocycles. The molecule has 1 fully saturated rings. The van der Waals surface area contributed by atoms with Crippen molar-refractivity contribution < 1.29 is 15.0 Å². The number of phenols is 1. The number of nitrogens with zero attached hydrogens (tertiary/aromatic N) is 2. The van der Waals surface area contributed by atoms with Crippen LogP contribution in [0.1, 0.15) is 65.6 Å². The molecule has 0 radical (unpaired) electrons. The van der Waals surface area contributed by atoms with E-state index in [1.807, 2.05) is 13.0 Å². The second-order valence-electron chi connectivity index (χ2n) is 11.5. The maximum absolute atomic E-state index is 13.8. The maximum Gasteiger partial charge on any atom is 0.228 e. The van der Waals surface area contributed by atoms with E-state index in [1.54, 1.807) is 18.2 Å². The van der Waals surface area contributed by atoms with Crippen LogP contribution in [0.5, 0.6) is 5.75 Å². The average Bonchev–Trinajstić information content (AvgIpc) is 3.60. The zero-order chi connectivity index (χ0) is 28.5. The number of pyridine rings is 1. The van der Waals surface area contributed by atoms with Gasteiger partial charge in [-0.15, -0.1) is 0 Å². The van der Waals surface area contributed by atoms with E-state index in [1.165, 1.54) is 16.3 Å². The number of aromatic hydroxyl groups is 1. The number of carbonyl (C=O) groups is 1. The summed E-state index contributed by atoms with van der Waals surface area (Å²) < 4.78 is 2.29. The normalized spacial score (nSPS) is 15.4. The number of aromatic nitrogens is 2. The molecule has 1 aliphatic carbocycles. The lowest BCUT2D eigenvalue weighted by molar-refractivity contribution is -0.124. The van der Waals surface area contributed by atoms with Gasteiger partial charge in [-0.05, 0) is 79.1 Å². The Kier molecular flexibility index (Phi) is 7.50. The Morgan fingerprint density at radius 1 is 0.976 bits per heavy atom. The first-order valence-electron chi connectivity index (χ1n) is 14.6. The molecular formula is C35H37N3O3. The number of nitrogens with one attached hydrogen (secondary N) is 1. The van der Waals surface area contributed by atoms with Gasteiger partial charge in [0.2, 0.25) is 5.91 Å². The molecule has 0 aliphatic heterocycles. The largest absolute Gasteiger partial charge is 0.508 e. The second kappa shape index (κ2) is 11.4. The highest BCUT2D eigenvalue weighted by Gasteiger charge is 2.33. The summed E-state index contributed by atoms with van der Waals surface area (Å²) in [4.78, 5) is 18.7. The molecular weight excluding hydrogens is 510 g/mol. The third kappa shape index (κ3) is 5.32. The lowest BCUT2D eigenvalue weighted by Gasteiger charge is -2.26. The predicted octanol–water partition coefficient (Wildman–Crippen LogP) is 6.68. The molecule has 1 saturated carbocycles. The summed E-state index contributed by atoms with van der Waals surface area (Å²) in [6.07, 6.45) is 4.28. The number of aliphatic hydroxyl groups excluding tert-OH is 1. The number of carbonyl (C=O) groups excluding carboxylic acids is 1. The fourth-order valence-corrected chi connectivity index (χ4v) is 6.72. The molecule has 6 rings (SSSR count). The summed E-state index contributed by atoms with van der Waals surface area (Å²) in [5.41, 5.74) is 7.23. The van der Waals surface area contributed by atoms with E-state index in [0.29, 0.717) is 12.1 Å². The van der Waals surface area contributed by atoms with Crippen molar-refractivity contribution in [1.82, 2.24) is 14.9 Å². The molecule has 6 nitrogen and oxygen atoms in total. The van der Waals surface area contributed by atoms with E-state index in [2.05, 4.69) is 71.4 Å². The monoisotopic (exact) mass is 547 g/mol. The first-order chi connectivity index (χ1) is 19.9. The Labute approximate surface area is 240 Å². The van der Waals surface area contributed by atoms with Gasteiger partial charge in [0.25, 0.3) is 0 Å². The van der Waals surface area contributed by atoms with Crippen molar-refractivity contribution in [1.29, 1.82) is 0 Å². The molecule has 0 spiro atoms. The number of benzene rings is 3. The molecule has 1 amide bonds. The molecule has 3 aromatic carbocycles. The number of fused-ring (bicyclic) bond motifs is 3. The summed E-state index contributed by atoms with van der Waals surface area (Å²) in [6, 6.07) is 25.2. The van der Waals surface area contributed by atoms with Gasteiger partial charge in [-0.2, -0.15) is 0 Å². The maximum atomic E-state index is 13.8. The van der Waals surface area contributed by atoms with E-state index >= 15 is 0 Å². The van der Waals surface area contributed by atoms with Crippen LogP contribution >= 0.6 is 0 Å². The lowest BCUT2D eigenvalue weighted by atomic mass is 9.83. The van der Waals surface area contributed by atoms with E-state index < -0.39 is 6.04 Å². The minimum atomic E-state index is -0.576. The average molecular weight is 548 g/mol. The van der Waals surface area contributed by atoms with Gasteiger partial charge >= 0.3 is 0 Å². The van der Waals surface area contributed by atoms with Crippen LogP contribution in [0.2, 0.25) is 0 Å². The van der Waals surface area contributed by atoms with Crippen LogP contribution in [-0.4, -0.2) is 32.3 Å². The molecule has 2 aromatic heterocycles. The number of hydrogen-bond donors (Lipinski definition) is 3. The Bertz CT molecular complexity index is 1700. The van der Waals surface area contributed by atoms with Crippen molar-refractivity contribution in [2.75, 3.05) is 6.61 Å². The topological polar surface area (TPSA) is 87.4 Å². The number of aliphatic hydroxyl groups is 1. The van der Waals surface area contributed by atoms with Gasteiger partial charge in [-0.25, -0.2) is 4.98 Å². The number of amides is 1. The Morgan fingerprint density at radius 2 is 1.73 bits per heavy atom. The summed E-state index contributed by atoms with van der Waals surface area (Å²) >= 11 is 0. The molecule has 210 valence electrons. The molecule has 3 N–H and O–H groups in total. The van der Waals surface area contributed by atoms with Crippen molar-refractivity contribution in [2.24, 2.45) is 5.92 Å². The van der Waals surface area contributed by atoms with Gasteiger partial charge < -0.3 is 20.1 Å². The zero-order valence-electron chi connectivity index (χ0n) is 23.7. The van der Waals surface area contributed by atoms with E-state index in [-0.39, 0.29) is 30.1 Å². The Hall–Kier alpha value is -4.16. The SMILES string of the molecule is Cc1cc(C)c2c3ccccc3n(Cc3ccc(C(C(=O)NC(CO)c4cccc(O)c4)C4CCCC4)cc3)c2n1. The van der Waals surface area contributed by atoms with Crippen molar-refractivity contribution in [3.63, 3.8) is 0 Å². The van der Waals surface area contributed by atoms with Crippen LogP contribution in [0.3, 0.4) is 0 Å². The predicted molar refractivity (Wildman–Crippen MR) is 163 cm³/mol. The smallest absolute Gasteiger partial charge is 0.228 e. The van der Waals surface area contributed by atoms with E-state index in [0.717, 1.165) is 53.7 Å².